The number of hydrogen-bond donors (Lipinski definition) is 1. The fraction of sp³-hybridized carbons (Fsp3) is 0.263. The quantitative estimate of drug-likeness (QED) is 0.404. The highest BCUT2D eigenvalue weighted by atomic mass is 16.6. The number of nitro benzene ring substituents is 1. The fourth-order valence-corrected chi connectivity index (χ4v) is 2.50. The van der Waals surface area contributed by atoms with Gasteiger partial charge in [-0.15, -0.1) is 0 Å². The van der Waals surface area contributed by atoms with Crippen LogP contribution in [0.2, 0.25) is 0 Å². The van der Waals surface area contributed by atoms with Crippen LogP contribution in [0.3, 0.4) is 0 Å². The molecule has 29 heavy (non-hydrogen) atoms. The smallest absolute Gasteiger partial charge is 0.338 e. The van der Waals surface area contributed by atoms with Crippen molar-refractivity contribution in [1.29, 1.82) is 0 Å². The number of nitrogens with one attached hydrogen (secondary N) is 1. The van der Waals surface area contributed by atoms with E-state index < -0.39 is 23.4 Å². The average molecular weight is 404 g/mol. The van der Waals surface area contributed by atoms with E-state index in [4.69, 9.17) is 18.9 Å². The zero-order chi connectivity index (χ0) is 21.6. The highest BCUT2D eigenvalue weighted by molar-refractivity contribution is 5.97. The Labute approximate surface area is 166 Å². The van der Waals surface area contributed by atoms with Crippen LogP contribution in [0, 0.1) is 17.0 Å². The number of carbonyl (C=O) groups is 2. The summed E-state index contributed by atoms with van der Waals surface area (Å²) in [5.74, 6) is -0.397. The van der Waals surface area contributed by atoms with E-state index in [1.807, 2.05) is 0 Å². The van der Waals surface area contributed by atoms with Crippen LogP contribution in [0.25, 0.3) is 0 Å². The van der Waals surface area contributed by atoms with Crippen LogP contribution in [0.5, 0.6) is 17.2 Å². The van der Waals surface area contributed by atoms with Crippen molar-refractivity contribution in [2.45, 2.75) is 6.92 Å². The van der Waals surface area contributed by atoms with Crippen molar-refractivity contribution in [2.75, 3.05) is 33.3 Å². The lowest BCUT2D eigenvalue weighted by Gasteiger charge is -2.12. The summed E-state index contributed by atoms with van der Waals surface area (Å²) in [5, 5.41) is 13.5. The lowest BCUT2D eigenvalue weighted by Crippen LogP contribution is -2.21. The summed E-state index contributed by atoms with van der Waals surface area (Å²) >= 11 is 0. The summed E-state index contributed by atoms with van der Waals surface area (Å²) in [6.07, 6.45) is 0. The first-order valence-electron chi connectivity index (χ1n) is 8.32. The molecule has 0 aliphatic rings. The van der Waals surface area contributed by atoms with Crippen LogP contribution in [-0.2, 0) is 9.53 Å². The van der Waals surface area contributed by atoms with Gasteiger partial charge in [0, 0.05) is 5.56 Å². The van der Waals surface area contributed by atoms with Gasteiger partial charge in [-0.25, -0.2) is 4.79 Å². The van der Waals surface area contributed by atoms with E-state index in [0.29, 0.717) is 17.1 Å². The van der Waals surface area contributed by atoms with E-state index in [9.17, 15) is 19.7 Å². The van der Waals surface area contributed by atoms with Crippen LogP contribution >= 0.6 is 0 Å². The molecule has 0 aromatic heterocycles. The van der Waals surface area contributed by atoms with E-state index >= 15 is 0 Å². The standard InChI is InChI=1S/C19H20N2O8/c1-11-16(27-3)7-12(8-17(11)28-4)19(23)29-10-18(22)20-14-6-5-13(26-2)9-15(14)21(24)25/h5-9H,10H2,1-4H3,(H,20,22). The van der Waals surface area contributed by atoms with Crippen molar-refractivity contribution >= 4 is 23.3 Å². The Hall–Kier alpha value is -3.82. The molecule has 0 saturated carbocycles. The first kappa shape index (κ1) is 21.5. The van der Waals surface area contributed by atoms with Crippen molar-refractivity contribution in [3.8, 4) is 17.2 Å². The molecule has 10 nitrogen and oxygen atoms in total. The third-order valence-corrected chi connectivity index (χ3v) is 4.00. The summed E-state index contributed by atoms with van der Waals surface area (Å²) in [6.45, 7) is 1.13. The molecule has 0 radical (unpaired) electrons. The van der Waals surface area contributed by atoms with Gasteiger partial charge in [0.1, 0.15) is 22.9 Å². The Kier molecular flexibility index (Phi) is 6.96. The van der Waals surface area contributed by atoms with Gasteiger partial charge in [0.15, 0.2) is 6.61 Å². The largest absolute Gasteiger partial charge is 0.496 e. The molecule has 0 heterocycles. The third kappa shape index (κ3) is 5.12. The average Bonchev–Trinajstić information content (AvgIpc) is 2.72. The number of nitro groups is 1. The fourth-order valence-electron chi connectivity index (χ4n) is 2.50. The van der Waals surface area contributed by atoms with Crippen LogP contribution in [-0.4, -0.2) is 44.7 Å². The van der Waals surface area contributed by atoms with Gasteiger partial charge in [-0.05, 0) is 31.2 Å². The molecule has 10 heteroatoms. The molecule has 0 unspecified atom stereocenters. The van der Waals surface area contributed by atoms with Gasteiger partial charge in [0.2, 0.25) is 0 Å². The second-order valence-electron chi connectivity index (χ2n) is 5.77. The van der Waals surface area contributed by atoms with E-state index in [-0.39, 0.29) is 22.7 Å². The zero-order valence-electron chi connectivity index (χ0n) is 16.3. The number of methoxy groups -OCH3 is 3. The van der Waals surface area contributed by atoms with E-state index in [0.717, 1.165) is 0 Å². The second kappa shape index (κ2) is 9.40. The number of ether oxygens (including phenoxy) is 4. The van der Waals surface area contributed by atoms with Gasteiger partial charge in [-0.2, -0.15) is 0 Å². The Morgan fingerprint density at radius 2 is 1.66 bits per heavy atom. The molecule has 154 valence electrons. The van der Waals surface area contributed by atoms with Crippen LogP contribution < -0.4 is 19.5 Å². The minimum atomic E-state index is -0.777. The van der Waals surface area contributed by atoms with Gasteiger partial charge in [-0.3, -0.25) is 14.9 Å². The van der Waals surface area contributed by atoms with Crippen molar-refractivity contribution < 1.29 is 33.5 Å². The van der Waals surface area contributed by atoms with E-state index in [1.165, 1.54) is 51.7 Å². The van der Waals surface area contributed by atoms with Crippen LogP contribution in [0.1, 0.15) is 15.9 Å². The monoisotopic (exact) mass is 404 g/mol. The summed E-state index contributed by atoms with van der Waals surface area (Å²) in [7, 11) is 4.27. The van der Waals surface area contributed by atoms with Gasteiger partial charge in [0.05, 0.1) is 37.9 Å². The van der Waals surface area contributed by atoms with Gasteiger partial charge in [0.25, 0.3) is 11.6 Å². The SMILES string of the molecule is COc1ccc(NC(=O)COC(=O)c2cc(OC)c(C)c(OC)c2)c([N+](=O)[O-])c1. The molecular formula is C19H20N2O8. The molecule has 0 spiro atoms. The number of nitrogens with zero attached hydrogens (tertiary/aromatic N) is 1. The first-order valence-corrected chi connectivity index (χ1v) is 8.32. The van der Waals surface area contributed by atoms with Gasteiger partial charge >= 0.3 is 5.97 Å². The normalized spacial score (nSPS) is 10.1. The number of esters is 1. The molecule has 0 aliphatic carbocycles. The highest BCUT2D eigenvalue weighted by Gasteiger charge is 2.19. The molecular weight excluding hydrogens is 384 g/mol. The Morgan fingerprint density at radius 3 is 2.17 bits per heavy atom. The Morgan fingerprint density at radius 1 is 1.03 bits per heavy atom. The molecule has 1 N–H and O–H groups in total. The van der Waals surface area contributed by atoms with Crippen LogP contribution in [0.15, 0.2) is 30.3 Å². The number of carbonyl (C=O) groups excluding carboxylic acids is 2. The minimum absolute atomic E-state index is 0.0458. The second-order valence-corrected chi connectivity index (χ2v) is 5.77. The van der Waals surface area contributed by atoms with Gasteiger partial charge < -0.3 is 24.3 Å². The van der Waals surface area contributed by atoms with Crippen molar-refractivity contribution in [3.63, 3.8) is 0 Å². The number of benzene rings is 2. The number of amides is 1. The van der Waals surface area contributed by atoms with Crippen LogP contribution in [0.4, 0.5) is 11.4 Å². The number of hydrogen-bond acceptors (Lipinski definition) is 8. The molecule has 0 saturated heterocycles. The summed E-state index contributed by atoms with van der Waals surface area (Å²) in [6, 6.07) is 6.89. The maximum Gasteiger partial charge on any atom is 0.338 e. The maximum absolute atomic E-state index is 12.3. The predicted molar refractivity (Wildman–Crippen MR) is 103 cm³/mol. The summed E-state index contributed by atoms with van der Waals surface area (Å²) in [4.78, 5) is 34.9. The van der Waals surface area contributed by atoms with E-state index in [2.05, 4.69) is 5.32 Å². The number of anilines is 1. The highest BCUT2D eigenvalue weighted by Crippen LogP contribution is 2.30. The number of rotatable bonds is 8. The maximum atomic E-state index is 12.3. The van der Waals surface area contributed by atoms with Crippen molar-refractivity contribution in [2.24, 2.45) is 0 Å². The minimum Gasteiger partial charge on any atom is -0.496 e. The lowest BCUT2D eigenvalue weighted by atomic mass is 10.1. The molecule has 1 amide bonds. The summed E-state index contributed by atoms with van der Waals surface area (Å²) in [5.41, 5.74) is 0.441. The van der Waals surface area contributed by atoms with Crippen molar-refractivity contribution in [1.82, 2.24) is 0 Å². The lowest BCUT2D eigenvalue weighted by molar-refractivity contribution is -0.384. The topological polar surface area (TPSA) is 126 Å². The third-order valence-electron chi connectivity index (χ3n) is 4.00. The first-order chi connectivity index (χ1) is 13.8. The molecule has 0 atom stereocenters. The molecule has 0 aliphatic heterocycles. The zero-order valence-corrected chi connectivity index (χ0v) is 16.3. The molecule has 2 aromatic carbocycles. The predicted octanol–water partition coefficient (Wildman–Crippen LogP) is 2.72. The molecule has 2 aromatic rings. The molecule has 2 rings (SSSR count). The summed E-state index contributed by atoms with van der Waals surface area (Å²) < 4.78 is 20.3. The Bertz CT molecular complexity index is 917. The van der Waals surface area contributed by atoms with E-state index in [1.54, 1.807) is 6.92 Å². The van der Waals surface area contributed by atoms with Gasteiger partial charge in [-0.1, -0.05) is 0 Å². The molecule has 0 fully saturated rings. The molecule has 0 bridgehead atoms. The Balaban J connectivity index is 2.08. The van der Waals surface area contributed by atoms with Crippen molar-refractivity contribution in [3.05, 3.63) is 51.6 Å².